The van der Waals surface area contributed by atoms with Gasteiger partial charge in [0.1, 0.15) is 0 Å². The highest BCUT2D eigenvalue weighted by atomic mass is 32.2. The molecule has 1 saturated heterocycles. The number of nitrogens with zero attached hydrogens (tertiary/aromatic N) is 2. The molecule has 8 heteroatoms. The summed E-state index contributed by atoms with van der Waals surface area (Å²) in [5.41, 5.74) is 0.816. The smallest absolute Gasteiger partial charge is 0.241 e. The van der Waals surface area contributed by atoms with Crippen LogP contribution in [0.2, 0.25) is 0 Å². The highest BCUT2D eigenvalue weighted by Crippen LogP contribution is 2.23. The molecule has 1 aliphatic heterocycles. The second kappa shape index (κ2) is 8.35. The fraction of sp³-hybridized carbons (Fsp3) is 0.421. The predicted octanol–water partition coefficient (Wildman–Crippen LogP) is 1.07. The number of anilines is 1. The first-order valence-electron chi connectivity index (χ1n) is 9.09. The largest absolute Gasteiger partial charge is 0.324 e. The molecule has 1 heterocycles. The van der Waals surface area contributed by atoms with Crippen LogP contribution in [0.3, 0.4) is 0 Å². The number of carbonyl (C=O) groups is 1. The monoisotopic (exact) mass is 390 g/mol. The van der Waals surface area contributed by atoms with Crippen molar-refractivity contribution in [1.82, 2.24) is 9.80 Å². The molecule has 2 aromatic carbocycles. The van der Waals surface area contributed by atoms with Crippen molar-refractivity contribution in [3.8, 4) is 0 Å². The van der Waals surface area contributed by atoms with E-state index in [0.29, 0.717) is 6.54 Å². The lowest BCUT2D eigenvalue weighted by atomic mass is 10.1. The zero-order chi connectivity index (χ0) is 19.4. The van der Waals surface area contributed by atoms with E-state index in [4.69, 9.17) is 5.14 Å². The summed E-state index contributed by atoms with van der Waals surface area (Å²) < 4.78 is 22.2. The second-order valence-electron chi connectivity index (χ2n) is 6.94. The number of primary sulfonamides is 1. The average molecular weight is 391 g/mol. The molecule has 0 spiro atoms. The van der Waals surface area contributed by atoms with Gasteiger partial charge in [-0.1, -0.05) is 36.4 Å². The van der Waals surface area contributed by atoms with Crippen LogP contribution >= 0.6 is 0 Å². The van der Waals surface area contributed by atoms with Gasteiger partial charge in [-0.05, 0) is 18.4 Å². The molecule has 0 unspecified atom stereocenters. The van der Waals surface area contributed by atoms with Crippen LogP contribution < -0.4 is 10.5 Å². The van der Waals surface area contributed by atoms with Crippen LogP contribution in [0, 0.1) is 0 Å². The summed E-state index contributed by atoms with van der Waals surface area (Å²) in [6.45, 7) is 5.22. The van der Waals surface area contributed by atoms with Crippen molar-refractivity contribution in [2.24, 2.45) is 5.14 Å². The van der Waals surface area contributed by atoms with E-state index in [9.17, 15) is 13.2 Å². The van der Waals surface area contributed by atoms with Crippen LogP contribution in [0.5, 0.6) is 0 Å². The molecule has 0 aromatic heterocycles. The molecular weight excluding hydrogens is 364 g/mol. The van der Waals surface area contributed by atoms with Crippen molar-refractivity contribution < 1.29 is 13.2 Å². The minimum absolute atomic E-state index is 0.0376. The fourth-order valence-electron chi connectivity index (χ4n) is 3.37. The van der Waals surface area contributed by atoms with Crippen molar-refractivity contribution in [2.45, 2.75) is 13.0 Å². The quantitative estimate of drug-likeness (QED) is 0.769. The van der Waals surface area contributed by atoms with Crippen LogP contribution in [0.1, 0.15) is 6.92 Å². The Morgan fingerprint density at radius 3 is 2.48 bits per heavy atom. The van der Waals surface area contributed by atoms with Crippen molar-refractivity contribution in [1.29, 1.82) is 0 Å². The number of hydrogen-bond donors (Lipinski definition) is 2. The molecule has 1 aliphatic rings. The van der Waals surface area contributed by atoms with E-state index < -0.39 is 10.0 Å². The predicted molar refractivity (Wildman–Crippen MR) is 108 cm³/mol. The normalized spacial score (nSPS) is 17.7. The zero-order valence-corrected chi connectivity index (χ0v) is 16.3. The molecule has 3 N–H and O–H groups in total. The Kier molecular flexibility index (Phi) is 6.11. The Bertz CT molecular complexity index is 903. The first-order valence-corrected chi connectivity index (χ1v) is 10.8. The molecule has 1 atom stereocenters. The lowest BCUT2D eigenvalue weighted by Gasteiger charge is -2.37. The lowest BCUT2D eigenvalue weighted by molar-refractivity contribution is -0.121. The maximum Gasteiger partial charge on any atom is 0.241 e. The first kappa shape index (κ1) is 19.8. The lowest BCUT2D eigenvalue weighted by Crippen LogP contribution is -2.53. The Hall–Kier alpha value is -2.00. The molecule has 1 amide bonds. The minimum Gasteiger partial charge on any atom is -0.324 e. The summed E-state index contributed by atoms with van der Waals surface area (Å²) in [6.07, 6.45) is 0. The summed E-state index contributed by atoms with van der Waals surface area (Å²) in [4.78, 5) is 16.9. The van der Waals surface area contributed by atoms with Crippen molar-refractivity contribution in [2.75, 3.05) is 43.8 Å². The number of amides is 1. The number of nitrogens with two attached hydrogens (primary N) is 1. The van der Waals surface area contributed by atoms with Gasteiger partial charge in [0.25, 0.3) is 0 Å². The Morgan fingerprint density at radius 1 is 1.11 bits per heavy atom. The number of hydrogen-bond acceptors (Lipinski definition) is 5. The fourth-order valence-corrected chi connectivity index (χ4v) is 3.88. The van der Waals surface area contributed by atoms with Gasteiger partial charge in [-0.25, -0.2) is 13.6 Å². The van der Waals surface area contributed by atoms with E-state index in [1.807, 2.05) is 49.4 Å². The van der Waals surface area contributed by atoms with Gasteiger partial charge >= 0.3 is 0 Å². The Labute approximate surface area is 160 Å². The number of rotatable bonds is 6. The Morgan fingerprint density at radius 2 is 1.78 bits per heavy atom. The van der Waals surface area contributed by atoms with Crippen LogP contribution in [-0.4, -0.2) is 68.6 Å². The van der Waals surface area contributed by atoms with Crippen LogP contribution in [0.25, 0.3) is 10.8 Å². The van der Waals surface area contributed by atoms with E-state index in [1.54, 1.807) is 0 Å². The van der Waals surface area contributed by atoms with Gasteiger partial charge in [-0.2, -0.15) is 0 Å². The summed E-state index contributed by atoms with van der Waals surface area (Å²) in [7, 11) is -3.44. The number of piperazine rings is 1. The van der Waals surface area contributed by atoms with Crippen molar-refractivity contribution in [3.63, 3.8) is 0 Å². The van der Waals surface area contributed by atoms with E-state index in [2.05, 4.69) is 15.1 Å². The molecule has 0 saturated carbocycles. The summed E-state index contributed by atoms with van der Waals surface area (Å²) in [5.74, 6) is -0.0752. The molecule has 7 nitrogen and oxygen atoms in total. The second-order valence-corrected chi connectivity index (χ2v) is 8.67. The highest BCUT2D eigenvalue weighted by Gasteiger charge is 2.26. The van der Waals surface area contributed by atoms with Gasteiger partial charge < -0.3 is 5.32 Å². The molecule has 0 aliphatic carbocycles. The number of sulfonamides is 1. The molecule has 0 bridgehead atoms. The summed E-state index contributed by atoms with van der Waals surface area (Å²) in [6, 6.07) is 13.6. The number of carbonyl (C=O) groups excluding carboxylic acids is 1. The van der Waals surface area contributed by atoms with Crippen molar-refractivity contribution >= 4 is 32.4 Å². The maximum atomic E-state index is 12.7. The van der Waals surface area contributed by atoms with Gasteiger partial charge in [0.05, 0.1) is 11.8 Å². The zero-order valence-electron chi connectivity index (χ0n) is 15.5. The number of nitrogens with one attached hydrogen (secondary N) is 1. The first-order chi connectivity index (χ1) is 12.8. The number of fused-ring (bicyclic) bond motifs is 1. The standard InChI is InChI=1S/C19H26N4O3S/c1-15(23-11-9-22(10-12-23)13-14-27(20,25)26)19(24)21-18-8-4-6-16-5-2-3-7-17(16)18/h2-8,15H,9-14H2,1H3,(H,21,24)(H2,20,25,26)/t15-/m1/s1. The molecule has 27 heavy (non-hydrogen) atoms. The highest BCUT2D eigenvalue weighted by molar-refractivity contribution is 7.89. The van der Waals surface area contributed by atoms with Gasteiger partial charge in [-0.15, -0.1) is 0 Å². The minimum atomic E-state index is -3.44. The topological polar surface area (TPSA) is 95.7 Å². The third-order valence-electron chi connectivity index (χ3n) is 5.07. The van der Waals surface area contributed by atoms with Crippen LogP contribution in [-0.2, 0) is 14.8 Å². The Balaban J connectivity index is 1.57. The van der Waals surface area contributed by atoms with E-state index in [1.165, 1.54) is 0 Å². The molecule has 146 valence electrons. The summed E-state index contributed by atoms with van der Waals surface area (Å²) in [5, 5.41) is 10.2. The molecule has 1 fully saturated rings. The van der Waals surface area contributed by atoms with E-state index in [-0.39, 0.29) is 17.7 Å². The third-order valence-corrected chi connectivity index (χ3v) is 5.83. The molecule has 3 rings (SSSR count). The molecular formula is C19H26N4O3S. The van der Waals surface area contributed by atoms with E-state index >= 15 is 0 Å². The van der Waals surface area contributed by atoms with Crippen LogP contribution in [0.4, 0.5) is 5.69 Å². The van der Waals surface area contributed by atoms with Gasteiger partial charge in [0, 0.05) is 43.8 Å². The van der Waals surface area contributed by atoms with Crippen molar-refractivity contribution in [3.05, 3.63) is 42.5 Å². The third kappa shape index (κ3) is 5.26. The average Bonchev–Trinajstić information content (AvgIpc) is 2.66. The van der Waals surface area contributed by atoms with E-state index in [0.717, 1.165) is 42.6 Å². The SMILES string of the molecule is C[C@H](C(=O)Nc1cccc2ccccc12)N1CCN(CCS(N)(=O)=O)CC1. The molecule has 0 radical (unpaired) electrons. The maximum absolute atomic E-state index is 12.7. The van der Waals surface area contributed by atoms with Gasteiger partial charge in [0.2, 0.25) is 15.9 Å². The summed E-state index contributed by atoms with van der Waals surface area (Å²) >= 11 is 0. The van der Waals surface area contributed by atoms with Gasteiger partial charge in [-0.3, -0.25) is 14.6 Å². The molecule has 2 aromatic rings. The van der Waals surface area contributed by atoms with Gasteiger partial charge in [0.15, 0.2) is 0 Å². The van der Waals surface area contributed by atoms with Crippen LogP contribution in [0.15, 0.2) is 42.5 Å². The number of benzene rings is 2.